The number of rotatable bonds is 5. The molecular weight excluding hydrogens is 330 g/mol. The first-order valence-corrected chi connectivity index (χ1v) is 9.44. The highest BCUT2D eigenvalue weighted by atomic mass is 16.5. The highest BCUT2D eigenvalue weighted by Crippen LogP contribution is 2.29. The Balaban J connectivity index is 1.56. The molecule has 0 bridgehead atoms. The second kappa shape index (κ2) is 7.98. The number of ether oxygens (including phenoxy) is 1. The van der Waals surface area contributed by atoms with Crippen LogP contribution in [-0.4, -0.2) is 68.0 Å². The number of hydrogen-bond acceptors (Lipinski definition) is 4. The van der Waals surface area contributed by atoms with Crippen molar-refractivity contribution in [3.8, 4) is 5.75 Å². The number of benzene rings is 1. The standard InChI is InChI=1S/C20H29N3O3/c1-15(2)13-23-14-16(12-19(23)24)20(25)22-10-8-21(9-11-22)17-6-4-5-7-18(17)26-3/h4-7,15-16H,8-14H2,1-3H3/t16-/m0/s1. The molecule has 0 aliphatic carbocycles. The second-order valence-corrected chi connectivity index (χ2v) is 7.58. The highest BCUT2D eigenvalue weighted by molar-refractivity contribution is 5.89. The molecule has 0 unspecified atom stereocenters. The van der Waals surface area contributed by atoms with Crippen LogP contribution in [0.15, 0.2) is 24.3 Å². The molecule has 6 nitrogen and oxygen atoms in total. The maximum Gasteiger partial charge on any atom is 0.228 e. The average Bonchev–Trinajstić information content (AvgIpc) is 3.01. The first-order chi connectivity index (χ1) is 12.5. The molecular formula is C20H29N3O3. The summed E-state index contributed by atoms with van der Waals surface area (Å²) in [4.78, 5) is 31.0. The molecule has 142 valence electrons. The van der Waals surface area contributed by atoms with Crippen LogP contribution >= 0.6 is 0 Å². The van der Waals surface area contributed by atoms with Gasteiger partial charge in [-0.2, -0.15) is 0 Å². The molecule has 2 fully saturated rings. The SMILES string of the molecule is COc1ccccc1N1CCN(C(=O)[C@H]2CC(=O)N(CC(C)C)C2)CC1. The minimum absolute atomic E-state index is 0.115. The van der Waals surface area contributed by atoms with Crippen LogP contribution in [0, 0.1) is 11.8 Å². The molecule has 26 heavy (non-hydrogen) atoms. The van der Waals surface area contributed by atoms with Crippen LogP contribution in [0.5, 0.6) is 5.75 Å². The van der Waals surface area contributed by atoms with Crippen molar-refractivity contribution in [2.24, 2.45) is 11.8 Å². The van der Waals surface area contributed by atoms with Gasteiger partial charge in [0.2, 0.25) is 11.8 Å². The van der Waals surface area contributed by atoms with E-state index < -0.39 is 0 Å². The number of carbonyl (C=O) groups excluding carboxylic acids is 2. The molecule has 0 N–H and O–H groups in total. The van der Waals surface area contributed by atoms with E-state index in [4.69, 9.17) is 4.74 Å². The lowest BCUT2D eigenvalue weighted by Gasteiger charge is -2.37. The molecule has 2 heterocycles. The van der Waals surface area contributed by atoms with Gasteiger partial charge in [-0.25, -0.2) is 0 Å². The highest BCUT2D eigenvalue weighted by Gasteiger charge is 2.37. The Bertz CT molecular complexity index is 653. The number of anilines is 1. The fourth-order valence-corrected chi connectivity index (χ4v) is 3.87. The lowest BCUT2D eigenvalue weighted by molar-refractivity contribution is -0.136. The van der Waals surface area contributed by atoms with Crippen molar-refractivity contribution in [3.63, 3.8) is 0 Å². The largest absolute Gasteiger partial charge is 0.495 e. The third-order valence-electron chi connectivity index (χ3n) is 5.17. The summed E-state index contributed by atoms with van der Waals surface area (Å²) < 4.78 is 5.44. The third kappa shape index (κ3) is 3.94. The molecule has 1 aromatic carbocycles. The first kappa shape index (κ1) is 18.5. The fourth-order valence-electron chi connectivity index (χ4n) is 3.87. The van der Waals surface area contributed by atoms with Gasteiger partial charge < -0.3 is 19.4 Å². The molecule has 1 aromatic rings. The van der Waals surface area contributed by atoms with Gasteiger partial charge in [-0.15, -0.1) is 0 Å². The summed E-state index contributed by atoms with van der Waals surface area (Å²) in [6.45, 7) is 8.44. The number of amides is 2. The normalized spacial score (nSPS) is 20.8. The van der Waals surface area contributed by atoms with E-state index in [1.165, 1.54) is 0 Å². The minimum Gasteiger partial charge on any atom is -0.495 e. The molecule has 2 aliphatic rings. The maximum atomic E-state index is 12.8. The van der Waals surface area contributed by atoms with Gasteiger partial charge in [0, 0.05) is 45.7 Å². The zero-order chi connectivity index (χ0) is 18.7. The van der Waals surface area contributed by atoms with Crippen LogP contribution in [0.3, 0.4) is 0 Å². The lowest BCUT2D eigenvalue weighted by Crippen LogP contribution is -2.50. The van der Waals surface area contributed by atoms with Crippen LogP contribution in [0.25, 0.3) is 0 Å². The Morgan fingerprint density at radius 2 is 1.88 bits per heavy atom. The van der Waals surface area contributed by atoms with Crippen molar-refractivity contribution in [1.82, 2.24) is 9.80 Å². The molecule has 6 heteroatoms. The van der Waals surface area contributed by atoms with Crippen molar-refractivity contribution in [2.45, 2.75) is 20.3 Å². The summed E-state index contributed by atoms with van der Waals surface area (Å²) in [7, 11) is 1.68. The summed E-state index contributed by atoms with van der Waals surface area (Å²) in [5.41, 5.74) is 1.07. The van der Waals surface area contributed by atoms with Gasteiger partial charge in [-0.1, -0.05) is 26.0 Å². The Hall–Kier alpha value is -2.24. The fraction of sp³-hybridized carbons (Fsp3) is 0.600. The molecule has 0 saturated carbocycles. The molecule has 1 atom stereocenters. The Labute approximate surface area is 155 Å². The maximum absolute atomic E-state index is 12.8. The molecule has 0 aromatic heterocycles. The smallest absolute Gasteiger partial charge is 0.228 e. The predicted octanol–water partition coefficient (Wildman–Crippen LogP) is 1.85. The number of methoxy groups -OCH3 is 1. The zero-order valence-corrected chi connectivity index (χ0v) is 16.0. The van der Waals surface area contributed by atoms with Crippen LogP contribution in [-0.2, 0) is 9.59 Å². The van der Waals surface area contributed by atoms with Gasteiger partial charge >= 0.3 is 0 Å². The van der Waals surface area contributed by atoms with Gasteiger partial charge in [0.15, 0.2) is 0 Å². The van der Waals surface area contributed by atoms with Crippen LogP contribution < -0.4 is 9.64 Å². The average molecular weight is 359 g/mol. The number of para-hydroxylation sites is 2. The molecule has 2 aliphatic heterocycles. The summed E-state index contributed by atoms with van der Waals surface area (Å²) in [6.07, 6.45) is 0.359. The van der Waals surface area contributed by atoms with Crippen molar-refractivity contribution in [1.29, 1.82) is 0 Å². The van der Waals surface area contributed by atoms with E-state index in [0.717, 1.165) is 31.1 Å². The number of likely N-dealkylation sites (tertiary alicyclic amines) is 1. The van der Waals surface area contributed by atoms with E-state index in [0.29, 0.717) is 32.0 Å². The molecule has 2 saturated heterocycles. The summed E-state index contributed by atoms with van der Waals surface area (Å²) in [5, 5.41) is 0. The van der Waals surface area contributed by atoms with Crippen LogP contribution in [0.4, 0.5) is 5.69 Å². The molecule has 0 radical (unpaired) electrons. The van der Waals surface area contributed by atoms with Gasteiger partial charge in [0.05, 0.1) is 18.7 Å². The topological polar surface area (TPSA) is 53.1 Å². The predicted molar refractivity (Wildman–Crippen MR) is 101 cm³/mol. The number of hydrogen-bond donors (Lipinski definition) is 0. The van der Waals surface area contributed by atoms with Crippen molar-refractivity contribution in [3.05, 3.63) is 24.3 Å². The Morgan fingerprint density at radius 1 is 1.19 bits per heavy atom. The first-order valence-electron chi connectivity index (χ1n) is 9.44. The number of nitrogens with zero attached hydrogens (tertiary/aromatic N) is 3. The summed E-state index contributed by atoms with van der Waals surface area (Å²) in [6, 6.07) is 7.97. The van der Waals surface area contributed by atoms with Crippen LogP contribution in [0.2, 0.25) is 0 Å². The van der Waals surface area contributed by atoms with E-state index in [2.05, 4.69) is 24.8 Å². The van der Waals surface area contributed by atoms with E-state index >= 15 is 0 Å². The van der Waals surface area contributed by atoms with Gasteiger partial charge in [-0.05, 0) is 18.1 Å². The van der Waals surface area contributed by atoms with E-state index in [1.54, 1.807) is 7.11 Å². The van der Waals surface area contributed by atoms with Gasteiger partial charge in [0.25, 0.3) is 0 Å². The van der Waals surface area contributed by atoms with Crippen molar-refractivity contribution < 1.29 is 14.3 Å². The lowest BCUT2D eigenvalue weighted by atomic mass is 10.1. The number of piperazine rings is 1. The molecule has 0 spiro atoms. The summed E-state index contributed by atoms with van der Waals surface area (Å²) in [5.74, 6) is 1.35. The molecule has 3 rings (SSSR count). The Morgan fingerprint density at radius 3 is 2.54 bits per heavy atom. The Kier molecular flexibility index (Phi) is 5.69. The van der Waals surface area contributed by atoms with Gasteiger partial charge in [-0.3, -0.25) is 9.59 Å². The monoisotopic (exact) mass is 359 g/mol. The number of carbonyl (C=O) groups is 2. The van der Waals surface area contributed by atoms with E-state index in [1.807, 2.05) is 28.0 Å². The third-order valence-corrected chi connectivity index (χ3v) is 5.17. The van der Waals surface area contributed by atoms with Crippen molar-refractivity contribution >= 4 is 17.5 Å². The van der Waals surface area contributed by atoms with E-state index in [9.17, 15) is 9.59 Å². The summed E-state index contributed by atoms with van der Waals surface area (Å²) >= 11 is 0. The molecule has 2 amide bonds. The van der Waals surface area contributed by atoms with E-state index in [-0.39, 0.29) is 17.7 Å². The zero-order valence-electron chi connectivity index (χ0n) is 16.0. The van der Waals surface area contributed by atoms with Gasteiger partial charge in [0.1, 0.15) is 5.75 Å². The minimum atomic E-state index is -0.181. The quantitative estimate of drug-likeness (QED) is 0.805. The van der Waals surface area contributed by atoms with Crippen molar-refractivity contribution in [2.75, 3.05) is 51.3 Å². The van der Waals surface area contributed by atoms with Crippen LogP contribution in [0.1, 0.15) is 20.3 Å². The second-order valence-electron chi connectivity index (χ2n) is 7.58.